The highest BCUT2D eigenvalue weighted by Crippen LogP contribution is 2.75. The van der Waals surface area contributed by atoms with E-state index < -0.39 is 22.7 Å². The van der Waals surface area contributed by atoms with Crippen molar-refractivity contribution in [1.82, 2.24) is 0 Å². The van der Waals surface area contributed by atoms with E-state index in [1.54, 1.807) is 12.1 Å². The van der Waals surface area contributed by atoms with Crippen molar-refractivity contribution in [3.63, 3.8) is 0 Å². The zero-order valence-electron chi connectivity index (χ0n) is 20.2. The Kier molecular flexibility index (Phi) is 5.20. The topological polar surface area (TPSA) is 54.5 Å². The van der Waals surface area contributed by atoms with Gasteiger partial charge in [-0.25, -0.2) is 4.90 Å². The van der Waals surface area contributed by atoms with Crippen LogP contribution in [0.5, 0.6) is 0 Å². The molecule has 1 saturated carbocycles. The van der Waals surface area contributed by atoms with Crippen LogP contribution in [0.25, 0.3) is 11.1 Å². The number of benzene rings is 3. The monoisotopic (exact) mass is 539 g/mol. The smallest absolute Gasteiger partial charge is 0.239 e. The molecule has 0 unspecified atom stereocenters. The van der Waals surface area contributed by atoms with Crippen molar-refractivity contribution < 1.29 is 14.4 Å². The number of carbonyl (C=O) groups is 3. The normalized spacial score (nSPS) is 28.9. The summed E-state index contributed by atoms with van der Waals surface area (Å²) < 4.78 is 0.791. The molecule has 5 heteroatoms. The van der Waals surface area contributed by atoms with Gasteiger partial charge in [-0.3, -0.25) is 14.4 Å². The van der Waals surface area contributed by atoms with E-state index in [0.29, 0.717) is 12.1 Å². The summed E-state index contributed by atoms with van der Waals surface area (Å²) in [5, 5.41) is 0. The van der Waals surface area contributed by atoms with Crippen molar-refractivity contribution in [2.24, 2.45) is 22.7 Å². The van der Waals surface area contributed by atoms with Gasteiger partial charge < -0.3 is 0 Å². The molecule has 4 atom stereocenters. The zero-order chi connectivity index (χ0) is 25.2. The lowest BCUT2D eigenvalue weighted by Gasteiger charge is -2.37. The molecule has 2 bridgehead atoms. The molecule has 1 saturated heterocycles. The number of fused-ring (bicyclic) bond motifs is 5. The number of ketones is 1. The standard InChI is InChI=1S/C31H26BrNO3/c1-3-17-31-24(20-13-8-5-9-14-20)23(19-11-6-4-7-12-19)30(2,29(31)36)25-26(31)28(35)33(27(25)34)22-16-10-15-21(32)18-22/h4-16,18,25-26H,3,17H2,1-2H3/t25-,26+,30+,31+/m0/s1. The van der Waals surface area contributed by atoms with Gasteiger partial charge in [0.2, 0.25) is 11.8 Å². The van der Waals surface area contributed by atoms with Gasteiger partial charge in [-0.1, -0.05) is 96.0 Å². The Morgan fingerprint density at radius 3 is 1.94 bits per heavy atom. The maximum absolute atomic E-state index is 14.6. The van der Waals surface area contributed by atoms with Gasteiger partial charge in [0.15, 0.2) is 5.78 Å². The Hall–Kier alpha value is -3.31. The van der Waals surface area contributed by atoms with E-state index >= 15 is 0 Å². The molecule has 3 aromatic carbocycles. The number of anilines is 1. The number of imide groups is 1. The lowest BCUT2D eigenvalue weighted by Crippen LogP contribution is -2.41. The molecule has 0 aromatic heterocycles. The minimum Gasteiger partial charge on any atom is -0.298 e. The Labute approximate surface area is 219 Å². The van der Waals surface area contributed by atoms with Gasteiger partial charge in [-0.05, 0) is 53.8 Å². The number of halogens is 1. The van der Waals surface area contributed by atoms with E-state index in [2.05, 4.69) is 15.9 Å². The van der Waals surface area contributed by atoms with Gasteiger partial charge in [0.1, 0.15) is 0 Å². The SMILES string of the molecule is CCC[C@@]12C(=O)[C@](C)(C(c3ccccc3)=C1c1ccccc1)[C@@H]1C(=O)N(c3cccc(Br)c3)C(=O)[C@@H]12. The summed E-state index contributed by atoms with van der Waals surface area (Å²) in [6, 6.07) is 27.1. The van der Waals surface area contributed by atoms with Crippen LogP contribution < -0.4 is 4.90 Å². The van der Waals surface area contributed by atoms with Crippen LogP contribution in [0.1, 0.15) is 37.8 Å². The minimum atomic E-state index is -1.10. The molecule has 2 amide bonds. The van der Waals surface area contributed by atoms with Crippen LogP contribution in [0.3, 0.4) is 0 Å². The first kappa shape index (κ1) is 23.1. The zero-order valence-corrected chi connectivity index (χ0v) is 21.8. The van der Waals surface area contributed by atoms with E-state index in [-0.39, 0.29) is 17.6 Å². The Balaban J connectivity index is 1.66. The largest absolute Gasteiger partial charge is 0.298 e. The first-order valence-corrected chi connectivity index (χ1v) is 13.2. The highest BCUT2D eigenvalue weighted by atomic mass is 79.9. The van der Waals surface area contributed by atoms with E-state index in [1.807, 2.05) is 86.6 Å². The summed E-state index contributed by atoms with van der Waals surface area (Å²) >= 11 is 3.47. The predicted molar refractivity (Wildman–Crippen MR) is 144 cm³/mol. The van der Waals surface area contributed by atoms with E-state index in [9.17, 15) is 14.4 Å². The maximum Gasteiger partial charge on any atom is 0.239 e. The van der Waals surface area contributed by atoms with Crippen LogP contribution >= 0.6 is 15.9 Å². The second kappa shape index (κ2) is 8.10. The van der Waals surface area contributed by atoms with Crippen LogP contribution in [0.15, 0.2) is 89.4 Å². The maximum atomic E-state index is 14.6. The highest BCUT2D eigenvalue weighted by Gasteiger charge is 2.80. The molecule has 0 spiro atoms. The molecule has 0 N–H and O–H groups in total. The molecule has 2 fully saturated rings. The van der Waals surface area contributed by atoms with Crippen LogP contribution in [-0.2, 0) is 14.4 Å². The molecule has 0 radical (unpaired) electrons. The van der Waals surface area contributed by atoms with Gasteiger partial charge in [-0.2, -0.15) is 0 Å². The molecular formula is C31H26BrNO3. The fraction of sp³-hybridized carbons (Fsp3) is 0.258. The molecule has 1 heterocycles. The summed E-state index contributed by atoms with van der Waals surface area (Å²) in [4.78, 5) is 44.3. The van der Waals surface area contributed by atoms with Crippen molar-refractivity contribution >= 4 is 50.4 Å². The summed E-state index contributed by atoms with van der Waals surface area (Å²) in [6.07, 6.45) is 1.25. The average molecular weight is 540 g/mol. The highest BCUT2D eigenvalue weighted by molar-refractivity contribution is 9.10. The average Bonchev–Trinajstić information content (AvgIpc) is 3.35. The lowest BCUT2D eigenvalue weighted by molar-refractivity contribution is -0.134. The fourth-order valence-corrected chi connectivity index (χ4v) is 7.62. The van der Waals surface area contributed by atoms with Gasteiger partial charge in [0.25, 0.3) is 0 Å². The molecule has 4 nitrogen and oxygen atoms in total. The number of amides is 2. The number of hydrogen-bond acceptors (Lipinski definition) is 3. The Morgan fingerprint density at radius 1 is 0.778 bits per heavy atom. The molecule has 2 aliphatic carbocycles. The number of nitrogens with zero attached hydrogens (tertiary/aromatic N) is 1. The van der Waals surface area contributed by atoms with E-state index in [0.717, 1.165) is 33.2 Å². The molecule has 3 aliphatic rings. The molecule has 3 aromatic rings. The molecule has 180 valence electrons. The predicted octanol–water partition coefficient (Wildman–Crippen LogP) is 6.55. The Bertz CT molecular complexity index is 1450. The number of Topliss-reactive ketones (excluding diaryl/α,β-unsaturated/α-hetero) is 1. The second-order valence-corrected chi connectivity index (χ2v) is 11.1. The Morgan fingerprint density at radius 2 is 1.36 bits per heavy atom. The van der Waals surface area contributed by atoms with Crippen LogP contribution in [-0.4, -0.2) is 17.6 Å². The van der Waals surface area contributed by atoms with E-state index in [4.69, 9.17) is 0 Å². The molecule has 36 heavy (non-hydrogen) atoms. The number of carbonyl (C=O) groups excluding carboxylic acids is 3. The van der Waals surface area contributed by atoms with Crippen molar-refractivity contribution in [2.45, 2.75) is 26.7 Å². The number of hydrogen-bond donors (Lipinski definition) is 0. The van der Waals surface area contributed by atoms with E-state index in [1.165, 1.54) is 4.90 Å². The van der Waals surface area contributed by atoms with Crippen LogP contribution in [0, 0.1) is 22.7 Å². The third-order valence-electron chi connectivity index (χ3n) is 8.39. The third-order valence-corrected chi connectivity index (χ3v) is 8.88. The van der Waals surface area contributed by atoms with Crippen molar-refractivity contribution in [3.8, 4) is 0 Å². The number of allylic oxidation sites excluding steroid dienone is 2. The van der Waals surface area contributed by atoms with Crippen molar-refractivity contribution in [1.29, 1.82) is 0 Å². The summed E-state index contributed by atoms with van der Waals surface area (Å²) in [5.41, 5.74) is 2.09. The summed E-state index contributed by atoms with van der Waals surface area (Å²) in [5.74, 6) is -1.98. The van der Waals surface area contributed by atoms with Gasteiger partial charge in [0, 0.05) is 4.47 Å². The van der Waals surface area contributed by atoms with Gasteiger partial charge in [-0.15, -0.1) is 0 Å². The molecular weight excluding hydrogens is 514 g/mol. The lowest BCUT2D eigenvalue weighted by atomic mass is 9.61. The van der Waals surface area contributed by atoms with Crippen LogP contribution in [0.4, 0.5) is 5.69 Å². The quantitative estimate of drug-likeness (QED) is 0.345. The number of rotatable bonds is 5. The van der Waals surface area contributed by atoms with Crippen molar-refractivity contribution in [2.75, 3.05) is 4.90 Å². The van der Waals surface area contributed by atoms with Crippen molar-refractivity contribution in [3.05, 3.63) is 101 Å². The van der Waals surface area contributed by atoms with Gasteiger partial charge >= 0.3 is 0 Å². The molecule has 6 rings (SSSR count). The summed E-state index contributed by atoms with van der Waals surface area (Å²) in [7, 11) is 0. The molecule has 1 aliphatic heterocycles. The van der Waals surface area contributed by atoms with Crippen LogP contribution in [0.2, 0.25) is 0 Å². The third kappa shape index (κ3) is 2.78. The first-order valence-electron chi connectivity index (χ1n) is 12.4. The fourth-order valence-electron chi connectivity index (χ4n) is 7.23. The second-order valence-electron chi connectivity index (χ2n) is 10.2. The first-order chi connectivity index (χ1) is 17.4. The van der Waals surface area contributed by atoms with Gasteiger partial charge in [0.05, 0.1) is 28.4 Å². The summed E-state index contributed by atoms with van der Waals surface area (Å²) in [6.45, 7) is 3.95. The minimum absolute atomic E-state index is 0.0140.